The molecule has 0 saturated heterocycles. The van der Waals surface area contributed by atoms with Crippen molar-refractivity contribution in [3.05, 3.63) is 114 Å². The molecule has 0 saturated carbocycles. The number of rotatable bonds is 10. The van der Waals surface area contributed by atoms with E-state index in [1.54, 1.807) is 72.8 Å². The highest BCUT2D eigenvalue weighted by molar-refractivity contribution is 7.92. The molecule has 1 N–H and O–H groups in total. The summed E-state index contributed by atoms with van der Waals surface area (Å²) in [5.74, 6) is 0.771. The minimum atomic E-state index is -4.06. The van der Waals surface area contributed by atoms with E-state index in [-0.39, 0.29) is 22.9 Å². The van der Waals surface area contributed by atoms with Crippen LogP contribution in [0.3, 0.4) is 0 Å². The predicted octanol–water partition coefficient (Wildman–Crippen LogP) is 4.69. The van der Waals surface area contributed by atoms with Gasteiger partial charge in [0.1, 0.15) is 37.9 Å². The fourth-order valence-corrected chi connectivity index (χ4v) is 5.49. The topological polar surface area (TPSA) is 94.2 Å². The van der Waals surface area contributed by atoms with E-state index in [0.29, 0.717) is 37.1 Å². The third-order valence-corrected chi connectivity index (χ3v) is 7.95. The first kappa shape index (κ1) is 27.0. The van der Waals surface area contributed by atoms with Gasteiger partial charge in [0.2, 0.25) is 5.91 Å². The second kappa shape index (κ2) is 12.1. The lowest BCUT2D eigenvalue weighted by molar-refractivity contribution is -0.119. The van der Waals surface area contributed by atoms with Crippen molar-refractivity contribution >= 4 is 21.6 Å². The molecule has 206 valence electrons. The number of carbonyl (C=O) groups is 1. The molecule has 0 unspecified atom stereocenters. The summed E-state index contributed by atoms with van der Waals surface area (Å²) in [4.78, 5) is 13.1. The number of hydrogen-bond donors (Lipinski definition) is 1. The van der Waals surface area contributed by atoms with Gasteiger partial charge in [-0.2, -0.15) is 0 Å². The van der Waals surface area contributed by atoms with Gasteiger partial charge in [-0.1, -0.05) is 42.5 Å². The molecule has 0 spiro atoms. The number of amides is 1. The van der Waals surface area contributed by atoms with Crippen LogP contribution in [0, 0.1) is 5.82 Å². The number of ether oxygens (including phenoxy) is 3. The van der Waals surface area contributed by atoms with E-state index < -0.39 is 22.5 Å². The summed E-state index contributed by atoms with van der Waals surface area (Å²) in [6.07, 6.45) is 0. The highest BCUT2D eigenvalue weighted by atomic mass is 32.2. The highest BCUT2D eigenvalue weighted by Gasteiger charge is 2.28. The van der Waals surface area contributed by atoms with Crippen molar-refractivity contribution in [1.82, 2.24) is 5.32 Å². The van der Waals surface area contributed by atoms with Crippen LogP contribution in [0.15, 0.2) is 102 Å². The lowest BCUT2D eigenvalue weighted by atomic mass is 10.2. The molecule has 0 radical (unpaired) electrons. The Morgan fingerprint density at radius 2 is 1.52 bits per heavy atom. The molecule has 10 heteroatoms. The van der Waals surface area contributed by atoms with E-state index >= 15 is 0 Å². The second-order valence-corrected chi connectivity index (χ2v) is 10.9. The molecule has 1 amide bonds. The van der Waals surface area contributed by atoms with Gasteiger partial charge in [0.15, 0.2) is 11.5 Å². The Bertz CT molecular complexity index is 1560. The maximum atomic E-state index is 13.6. The molecule has 40 heavy (non-hydrogen) atoms. The minimum Gasteiger partial charge on any atom is -0.489 e. The summed E-state index contributed by atoms with van der Waals surface area (Å²) < 4.78 is 58.2. The van der Waals surface area contributed by atoms with Crippen molar-refractivity contribution < 1.29 is 31.8 Å². The molecule has 0 aliphatic carbocycles. The van der Waals surface area contributed by atoms with Crippen molar-refractivity contribution in [2.24, 2.45) is 0 Å². The molecular weight excluding hydrogens is 535 g/mol. The van der Waals surface area contributed by atoms with Crippen LogP contribution in [0.4, 0.5) is 10.1 Å². The number of sulfonamides is 1. The van der Waals surface area contributed by atoms with Crippen LogP contribution in [-0.4, -0.2) is 34.1 Å². The van der Waals surface area contributed by atoms with Crippen LogP contribution < -0.4 is 23.8 Å². The van der Waals surface area contributed by atoms with Crippen LogP contribution in [-0.2, 0) is 28.0 Å². The van der Waals surface area contributed by atoms with Gasteiger partial charge in [0, 0.05) is 12.6 Å². The molecule has 0 atom stereocenters. The smallest absolute Gasteiger partial charge is 0.264 e. The van der Waals surface area contributed by atoms with E-state index in [0.717, 1.165) is 15.4 Å². The van der Waals surface area contributed by atoms with Crippen molar-refractivity contribution in [2.75, 3.05) is 24.1 Å². The van der Waals surface area contributed by atoms with Gasteiger partial charge >= 0.3 is 0 Å². The van der Waals surface area contributed by atoms with Crippen molar-refractivity contribution in [3.8, 4) is 17.2 Å². The van der Waals surface area contributed by atoms with E-state index in [1.165, 1.54) is 24.3 Å². The number of hydrogen-bond acceptors (Lipinski definition) is 6. The third kappa shape index (κ3) is 6.52. The molecule has 0 bridgehead atoms. The van der Waals surface area contributed by atoms with Crippen molar-refractivity contribution in [1.29, 1.82) is 0 Å². The van der Waals surface area contributed by atoms with Gasteiger partial charge in [-0.15, -0.1) is 0 Å². The summed E-state index contributed by atoms with van der Waals surface area (Å²) in [7, 11) is -4.06. The number of nitrogens with zero attached hydrogens (tertiary/aromatic N) is 1. The Kier molecular flexibility index (Phi) is 8.16. The average molecular weight is 563 g/mol. The molecule has 1 aliphatic rings. The Morgan fingerprint density at radius 1 is 0.850 bits per heavy atom. The Balaban J connectivity index is 1.25. The summed E-state index contributed by atoms with van der Waals surface area (Å²) in [6.45, 7) is 0.801. The predicted molar refractivity (Wildman–Crippen MR) is 147 cm³/mol. The van der Waals surface area contributed by atoms with Gasteiger partial charge in [-0.25, -0.2) is 12.8 Å². The molecule has 0 aromatic heterocycles. The number of nitrogens with one attached hydrogen (secondary N) is 1. The average Bonchev–Trinajstić information content (AvgIpc) is 2.99. The Morgan fingerprint density at radius 3 is 2.25 bits per heavy atom. The van der Waals surface area contributed by atoms with Crippen molar-refractivity contribution in [2.45, 2.75) is 18.0 Å². The number of carbonyl (C=O) groups excluding carboxylic acids is 1. The normalized spacial score (nSPS) is 12.4. The largest absolute Gasteiger partial charge is 0.489 e. The maximum Gasteiger partial charge on any atom is 0.264 e. The first-order valence-corrected chi connectivity index (χ1v) is 14.0. The summed E-state index contributed by atoms with van der Waals surface area (Å²) in [5.41, 5.74) is 1.93. The summed E-state index contributed by atoms with van der Waals surface area (Å²) in [5, 5.41) is 2.79. The monoisotopic (exact) mass is 562 g/mol. The quantitative estimate of drug-likeness (QED) is 0.302. The lowest BCUT2D eigenvalue weighted by Crippen LogP contribution is -2.40. The molecule has 0 fully saturated rings. The van der Waals surface area contributed by atoms with Crippen LogP contribution in [0.5, 0.6) is 17.2 Å². The van der Waals surface area contributed by atoms with Crippen LogP contribution in [0.2, 0.25) is 0 Å². The zero-order valence-corrected chi connectivity index (χ0v) is 22.3. The van der Waals surface area contributed by atoms with Gasteiger partial charge in [0.05, 0.1) is 10.6 Å². The zero-order valence-electron chi connectivity index (χ0n) is 21.5. The molecular formula is C30H27FN2O6S. The zero-order chi connectivity index (χ0) is 28.0. The van der Waals surface area contributed by atoms with Gasteiger partial charge in [-0.05, 0) is 59.7 Å². The van der Waals surface area contributed by atoms with Crippen LogP contribution >= 0.6 is 0 Å². The summed E-state index contributed by atoms with van der Waals surface area (Å²) >= 11 is 0. The molecule has 5 rings (SSSR count). The van der Waals surface area contributed by atoms with Gasteiger partial charge in [0.25, 0.3) is 10.0 Å². The molecule has 1 aliphatic heterocycles. The fourth-order valence-electron chi connectivity index (χ4n) is 4.06. The van der Waals surface area contributed by atoms with Crippen LogP contribution in [0.1, 0.15) is 11.1 Å². The van der Waals surface area contributed by atoms with E-state index in [1.807, 2.05) is 0 Å². The number of anilines is 1. The standard InChI is InChI=1S/C30H27FN2O6S/c31-24-10-6-23(7-11-24)21-39-26-13-8-22(9-14-26)19-32-30(34)20-33(40(35,36)27-4-2-1-3-5-27)25-12-15-28-29(18-25)38-17-16-37-28/h1-15,18H,16-17,19-21H2,(H,32,34). The van der Waals surface area contributed by atoms with Crippen molar-refractivity contribution in [3.63, 3.8) is 0 Å². The highest BCUT2D eigenvalue weighted by Crippen LogP contribution is 2.35. The number of fused-ring (bicyclic) bond motifs is 1. The van der Waals surface area contributed by atoms with Crippen LogP contribution in [0.25, 0.3) is 0 Å². The molecule has 4 aromatic rings. The van der Waals surface area contributed by atoms with E-state index in [4.69, 9.17) is 14.2 Å². The van der Waals surface area contributed by atoms with E-state index in [2.05, 4.69) is 5.32 Å². The van der Waals surface area contributed by atoms with Gasteiger partial charge in [-0.3, -0.25) is 9.10 Å². The first-order chi connectivity index (χ1) is 19.4. The second-order valence-electron chi connectivity index (χ2n) is 8.99. The Labute approximate surface area is 232 Å². The molecule has 4 aromatic carbocycles. The minimum absolute atomic E-state index is 0.0638. The molecule has 1 heterocycles. The maximum absolute atomic E-state index is 13.6. The molecule has 8 nitrogen and oxygen atoms in total. The fraction of sp³-hybridized carbons (Fsp3) is 0.167. The lowest BCUT2D eigenvalue weighted by Gasteiger charge is -2.26. The van der Waals surface area contributed by atoms with E-state index in [9.17, 15) is 17.6 Å². The van der Waals surface area contributed by atoms with Gasteiger partial charge < -0.3 is 19.5 Å². The first-order valence-electron chi connectivity index (χ1n) is 12.6. The third-order valence-electron chi connectivity index (χ3n) is 6.16. The summed E-state index contributed by atoms with van der Waals surface area (Å²) in [6, 6.07) is 26.0. The SMILES string of the molecule is O=C(CN(c1ccc2c(c1)OCCO2)S(=O)(=O)c1ccccc1)NCc1ccc(OCc2ccc(F)cc2)cc1. The number of benzene rings is 4. The Hall–Kier alpha value is -4.57. The number of halogens is 1.